The first-order valence-electron chi connectivity index (χ1n) is 7.28. The number of nitrogens with one attached hydrogen (secondary N) is 1. The van der Waals surface area contributed by atoms with Crippen LogP contribution in [0.5, 0.6) is 0 Å². The van der Waals surface area contributed by atoms with Crippen LogP contribution in [-0.4, -0.2) is 23.8 Å². The molecule has 98 valence electrons. The minimum atomic E-state index is -0.430. The molecule has 0 bridgehead atoms. The molecule has 1 unspecified atom stereocenters. The molecule has 2 heteroatoms. The molecule has 1 aromatic carbocycles. The molecule has 1 fully saturated rings. The van der Waals surface area contributed by atoms with E-state index in [1.54, 1.807) is 0 Å². The highest BCUT2D eigenvalue weighted by Gasteiger charge is 2.33. The first-order chi connectivity index (χ1) is 8.77. The standard InChI is InChI=1S/C16H23NO/c18-16(8-10-17-11-9-16)12-14-6-3-5-13-4-1-2-7-15(13)14/h1-2,4,7,14,17-18H,3,5-6,8-12H2. The van der Waals surface area contributed by atoms with Gasteiger partial charge in [0, 0.05) is 0 Å². The van der Waals surface area contributed by atoms with Crippen molar-refractivity contribution in [1.29, 1.82) is 0 Å². The molecule has 2 aliphatic rings. The van der Waals surface area contributed by atoms with Gasteiger partial charge >= 0.3 is 0 Å². The lowest BCUT2D eigenvalue weighted by atomic mass is 9.74. The average Bonchev–Trinajstić information content (AvgIpc) is 2.40. The molecule has 0 amide bonds. The summed E-state index contributed by atoms with van der Waals surface area (Å²) in [6, 6.07) is 8.81. The van der Waals surface area contributed by atoms with E-state index in [1.165, 1.54) is 30.4 Å². The Kier molecular flexibility index (Phi) is 3.40. The maximum absolute atomic E-state index is 10.7. The van der Waals surface area contributed by atoms with E-state index in [0.717, 1.165) is 32.4 Å². The lowest BCUT2D eigenvalue weighted by Gasteiger charge is -2.37. The molecule has 1 heterocycles. The van der Waals surface area contributed by atoms with Crippen molar-refractivity contribution in [2.45, 2.75) is 50.0 Å². The van der Waals surface area contributed by atoms with Crippen molar-refractivity contribution >= 4 is 0 Å². The molecule has 2 N–H and O–H groups in total. The highest BCUT2D eigenvalue weighted by Crippen LogP contribution is 2.39. The van der Waals surface area contributed by atoms with Crippen LogP contribution in [-0.2, 0) is 6.42 Å². The number of fused-ring (bicyclic) bond motifs is 1. The van der Waals surface area contributed by atoms with Gasteiger partial charge in [0.15, 0.2) is 0 Å². The van der Waals surface area contributed by atoms with E-state index in [9.17, 15) is 5.11 Å². The van der Waals surface area contributed by atoms with Gasteiger partial charge in [0.2, 0.25) is 0 Å². The summed E-state index contributed by atoms with van der Waals surface area (Å²) in [6.45, 7) is 1.93. The van der Waals surface area contributed by atoms with Crippen LogP contribution in [0, 0.1) is 0 Å². The molecule has 0 aromatic heterocycles. The molecule has 1 aliphatic carbocycles. The Balaban J connectivity index is 1.77. The van der Waals surface area contributed by atoms with Gasteiger partial charge in [-0.05, 0) is 68.7 Å². The lowest BCUT2D eigenvalue weighted by molar-refractivity contribution is -0.00509. The van der Waals surface area contributed by atoms with Crippen molar-refractivity contribution in [2.24, 2.45) is 0 Å². The number of benzene rings is 1. The maximum atomic E-state index is 10.7. The molecular formula is C16H23NO. The van der Waals surface area contributed by atoms with Crippen molar-refractivity contribution < 1.29 is 5.11 Å². The number of aryl methyl sites for hydroxylation is 1. The fourth-order valence-corrected chi connectivity index (χ4v) is 3.62. The van der Waals surface area contributed by atoms with E-state index in [0.29, 0.717) is 5.92 Å². The molecule has 3 rings (SSSR count). The van der Waals surface area contributed by atoms with Gasteiger partial charge in [0.05, 0.1) is 5.60 Å². The van der Waals surface area contributed by atoms with Crippen LogP contribution >= 0.6 is 0 Å². The number of hydrogen-bond donors (Lipinski definition) is 2. The predicted molar refractivity (Wildman–Crippen MR) is 73.8 cm³/mol. The average molecular weight is 245 g/mol. The van der Waals surface area contributed by atoms with E-state index >= 15 is 0 Å². The van der Waals surface area contributed by atoms with Crippen LogP contribution in [0.15, 0.2) is 24.3 Å². The zero-order valence-electron chi connectivity index (χ0n) is 11.0. The molecule has 1 aliphatic heterocycles. The summed E-state index contributed by atoms with van der Waals surface area (Å²) in [5.41, 5.74) is 2.57. The number of piperidine rings is 1. The molecule has 0 saturated carbocycles. The van der Waals surface area contributed by atoms with E-state index in [4.69, 9.17) is 0 Å². The summed E-state index contributed by atoms with van der Waals surface area (Å²) in [7, 11) is 0. The molecule has 1 aromatic rings. The second-order valence-electron chi connectivity index (χ2n) is 5.97. The third-order valence-corrected chi connectivity index (χ3v) is 4.65. The van der Waals surface area contributed by atoms with Crippen LogP contribution in [0.4, 0.5) is 0 Å². The highest BCUT2D eigenvalue weighted by atomic mass is 16.3. The molecular weight excluding hydrogens is 222 g/mol. The van der Waals surface area contributed by atoms with Gasteiger partial charge < -0.3 is 10.4 Å². The SMILES string of the molecule is OC1(CC2CCCc3ccccc32)CCNCC1. The quantitative estimate of drug-likeness (QED) is 0.839. The Bertz CT molecular complexity index is 409. The van der Waals surface area contributed by atoms with Crippen molar-refractivity contribution in [3.05, 3.63) is 35.4 Å². The maximum Gasteiger partial charge on any atom is 0.0677 e. The van der Waals surface area contributed by atoms with E-state index in [-0.39, 0.29) is 0 Å². The monoisotopic (exact) mass is 245 g/mol. The van der Waals surface area contributed by atoms with Crippen LogP contribution in [0.2, 0.25) is 0 Å². The Morgan fingerprint density at radius 2 is 2.00 bits per heavy atom. The largest absolute Gasteiger partial charge is 0.390 e. The summed E-state index contributed by atoms with van der Waals surface area (Å²) in [5, 5.41) is 14.0. The number of aliphatic hydroxyl groups is 1. The van der Waals surface area contributed by atoms with Crippen LogP contribution < -0.4 is 5.32 Å². The van der Waals surface area contributed by atoms with Crippen molar-refractivity contribution in [3.8, 4) is 0 Å². The summed E-state index contributed by atoms with van der Waals surface area (Å²) in [4.78, 5) is 0. The number of rotatable bonds is 2. The predicted octanol–water partition coefficient (Wildman–Crippen LogP) is 2.61. The van der Waals surface area contributed by atoms with E-state index in [2.05, 4.69) is 29.6 Å². The highest BCUT2D eigenvalue weighted by molar-refractivity contribution is 5.32. The smallest absolute Gasteiger partial charge is 0.0677 e. The lowest BCUT2D eigenvalue weighted by Crippen LogP contribution is -2.43. The molecule has 1 atom stereocenters. The summed E-state index contributed by atoms with van der Waals surface area (Å²) < 4.78 is 0. The van der Waals surface area contributed by atoms with Gasteiger partial charge in [-0.2, -0.15) is 0 Å². The Labute approximate surface area is 109 Å². The third kappa shape index (κ3) is 2.45. The van der Waals surface area contributed by atoms with E-state index < -0.39 is 5.60 Å². The first kappa shape index (κ1) is 12.2. The molecule has 0 spiro atoms. The summed E-state index contributed by atoms with van der Waals surface area (Å²) in [5.74, 6) is 0.568. The Morgan fingerprint density at radius 3 is 2.83 bits per heavy atom. The third-order valence-electron chi connectivity index (χ3n) is 4.65. The topological polar surface area (TPSA) is 32.3 Å². The van der Waals surface area contributed by atoms with Crippen LogP contribution in [0.1, 0.15) is 49.1 Å². The minimum Gasteiger partial charge on any atom is -0.390 e. The molecule has 18 heavy (non-hydrogen) atoms. The van der Waals surface area contributed by atoms with Crippen LogP contribution in [0.25, 0.3) is 0 Å². The zero-order chi connectivity index (χ0) is 12.4. The normalized spacial score (nSPS) is 26.6. The minimum absolute atomic E-state index is 0.430. The zero-order valence-corrected chi connectivity index (χ0v) is 11.0. The van der Waals surface area contributed by atoms with Crippen LogP contribution in [0.3, 0.4) is 0 Å². The molecule has 0 radical (unpaired) electrons. The van der Waals surface area contributed by atoms with Gasteiger partial charge in [0.25, 0.3) is 0 Å². The summed E-state index contributed by atoms with van der Waals surface area (Å²) >= 11 is 0. The molecule has 2 nitrogen and oxygen atoms in total. The first-order valence-corrected chi connectivity index (χ1v) is 7.28. The Hall–Kier alpha value is -0.860. The van der Waals surface area contributed by atoms with Gasteiger partial charge in [0.1, 0.15) is 0 Å². The fourth-order valence-electron chi connectivity index (χ4n) is 3.62. The van der Waals surface area contributed by atoms with Crippen molar-refractivity contribution in [2.75, 3.05) is 13.1 Å². The Morgan fingerprint density at radius 1 is 1.22 bits per heavy atom. The van der Waals surface area contributed by atoms with Gasteiger partial charge in [-0.1, -0.05) is 24.3 Å². The van der Waals surface area contributed by atoms with E-state index in [1.807, 2.05) is 0 Å². The van der Waals surface area contributed by atoms with Crippen molar-refractivity contribution in [3.63, 3.8) is 0 Å². The van der Waals surface area contributed by atoms with Gasteiger partial charge in [-0.25, -0.2) is 0 Å². The fraction of sp³-hybridized carbons (Fsp3) is 0.625. The van der Waals surface area contributed by atoms with Crippen molar-refractivity contribution in [1.82, 2.24) is 5.32 Å². The second-order valence-corrected chi connectivity index (χ2v) is 5.97. The van der Waals surface area contributed by atoms with Gasteiger partial charge in [-0.15, -0.1) is 0 Å². The second kappa shape index (κ2) is 5.02. The summed E-state index contributed by atoms with van der Waals surface area (Å²) in [6.07, 6.45) is 6.50. The molecule has 1 saturated heterocycles. The number of hydrogen-bond acceptors (Lipinski definition) is 2. The van der Waals surface area contributed by atoms with Gasteiger partial charge in [-0.3, -0.25) is 0 Å².